The lowest BCUT2D eigenvalue weighted by Gasteiger charge is -2.11. The lowest BCUT2D eigenvalue weighted by atomic mass is 10.1. The molecule has 0 aliphatic rings. The highest BCUT2D eigenvalue weighted by Crippen LogP contribution is 2.35. The molecule has 0 atom stereocenters. The van der Waals surface area contributed by atoms with E-state index in [1.807, 2.05) is 36.4 Å². The number of nitrogens with one attached hydrogen (secondary N) is 1. The first-order valence-electron chi connectivity index (χ1n) is 7.42. The lowest BCUT2D eigenvalue weighted by Crippen LogP contribution is -1.97. The fourth-order valence-electron chi connectivity index (χ4n) is 2.37. The number of hydrogen-bond acceptors (Lipinski definition) is 3. The van der Waals surface area contributed by atoms with Crippen LogP contribution in [-0.2, 0) is 0 Å². The molecule has 0 saturated carbocycles. The van der Waals surface area contributed by atoms with Gasteiger partial charge >= 0.3 is 0 Å². The Labute approximate surface area is 162 Å². The maximum atomic E-state index is 9.61. The molecule has 0 aliphatic carbocycles. The molecular formula is C19H13Br2N3O. The van der Waals surface area contributed by atoms with E-state index < -0.39 is 0 Å². The minimum atomic E-state index is 0.369. The minimum absolute atomic E-state index is 0.369. The number of hydrogen-bond donors (Lipinski definition) is 1. The Kier molecular flexibility index (Phi) is 5.37. The van der Waals surface area contributed by atoms with Crippen molar-refractivity contribution in [3.63, 3.8) is 0 Å². The predicted octanol–water partition coefficient (Wildman–Crippen LogP) is 5.72. The van der Waals surface area contributed by atoms with Crippen LogP contribution in [-0.4, -0.2) is 16.6 Å². The van der Waals surface area contributed by atoms with Gasteiger partial charge in [-0.15, -0.1) is 0 Å². The Morgan fingerprint density at radius 2 is 2.12 bits per heavy atom. The van der Waals surface area contributed by atoms with Crippen LogP contribution in [0.2, 0.25) is 0 Å². The van der Waals surface area contributed by atoms with Gasteiger partial charge in [0.15, 0.2) is 0 Å². The molecule has 0 fully saturated rings. The Balaban J connectivity index is 2.10. The highest BCUT2D eigenvalue weighted by Gasteiger charge is 2.12. The maximum Gasteiger partial charge on any atom is 0.149 e. The molecule has 3 aromatic rings. The van der Waals surface area contributed by atoms with E-state index in [4.69, 9.17) is 4.74 Å². The zero-order chi connectivity index (χ0) is 17.8. The van der Waals surface area contributed by atoms with Gasteiger partial charge in [0.25, 0.3) is 0 Å². The van der Waals surface area contributed by atoms with Crippen molar-refractivity contribution < 1.29 is 4.74 Å². The third-order valence-electron chi connectivity index (χ3n) is 3.45. The third kappa shape index (κ3) is 3.84. The van der Waals surface area contributed by atoms with Gasteiger partial charge in [-0.05, 0) is 46.3 Å². The SMILES string of the molecule is C=CCOc1c(Br)cc(Br)cc1C=C(C#N)c1nc2ccccc2[nH]1. The van der Waals surface area contributed by atoms with Crippen molar-refractivity contribution in [3.05, 3.63) is 69.4 Å². The van der Waals surface area contributed by atoms with E-state index in [2.05, 4.69) is 54.5 Å². The van der Waals surface area contributed by atoms with Crippen molar-refractivity contribution in [1.29, 1.82) is 5.26 Å². The molecule has 0 amide bonds. The van der Waals surface area contributed by atoms with Crippen LogP contribution in [0, 0.1) is 11.3 Å². The summed E-state index contributed by atoms with van der Waals surface area (Å²) in [6.07, 6.45) is 3.43. The topological polar surface area (TPSA) is 61.7 Å². The molecule has 0 saturated heterocycles. The first-order chi connectivity index (χ1) is 12.1. The fraction of sp³-hybridized carbons (Fsp3) is 0.0526. The number of ether oxygens (including phenoxy) is 1. The van der Waals surface area contributed by atoms with Crippen LogP contribution in [0.15, 0.2) is 58.0 Å². The molecule has 0 unspecified atom stereocenters. The summed E-state index contributed by atoms with van der Waals surface area (Å²) in [6.45, 7) is 4.04. The second-order valence-corrected chi connectivity index (χ2v) is 6.95. The van der Waals surface area contributed by atoms with Crippen molar-refractivity contribution in [2.24, 2.45) is 0 Å². The third-order valence-corrected chi connectivity index (χ3v) is 4.49. The number of rotatable bonds is 5. The molecule has 1 N–H and O–H groups in total. The number of aromatic nitrogens is 2. The van der Waals surface area contributed by atoms with Crippen LogP contribution >= 0.6 is 31.9 Å². The Morgan fingerprint density at radius 1 is 1.32 bits per heavy atom. The Morgan fingerprint density at radius 3 is 2.84 bits per heavy atom. The second kappa shape index (κ2) is 7.68. The van der Waals surface area contributed by atoms with Crippen molar-refractivity contribution in [2.75, 3.05) is 6.61 Å². The molecule has 124 valence electrons. The number of benzene rings is 2. The summed E-state index contributed by atoms with van der Waals surface area (Å²) in [5.74, 6) is 1.17. The van der Waals surface area contributed by atoms with Crippen molar-refractivity contribution in [1.82, 2.24) is 9.97 Å². The number of aromatic amines is 1. The van der Waals surface area contributed by atoms with Gasteiger partial charge in [-0.2, -0.15) is 5.26 Å². The quantitative estimate of drug-likeness (QED) is 0.393. The highest BCUT2D eigenvalue weighted by atomic mass is 79.9. The van der Waals surface area contributed by atoms with Crippen molar-refractivity contribution in [3.8, 4) is 11.8 Å². The van der Waals surface area contributed by atoms with Gasteiger partial charge < -0.3 is 9.72 Å². The van der Waals surface area contributed by atoms with Gasteiger partial charge in [0, 0.05) is 10.0 Å². The molecule has 0 spiro atoms. The molecule has 25 heavy (non-hydrogen) atoms. The molecule has 1 aromatic heterocycles. The number of fused-ring (bicyclic) bond motifs is 1. The number of imidazole rings is 1. The second-order valence-electron chi connectivity index (χ2n) is 5.18. The first kappa shape index (κ1) is 17.5. The summed E-state index contributed by atoms with van der Waals surface area (Å²) in [7, 11) is 0. The molecular weight excluding hydrogens is 446 g/mol. The summed E-state index contributed by atoms with van der Waals surface area (Å²) in [5.41, 5.74) is 2.89. The van der Waals surface area contributed by atoms with Crippen LogP contribution in [0.1, 0.15) is 11.4 Å². The van der Waals surface area contributed by atoms with Gasteiger partial charge in [-0.1, -0.05) is 40.7 Å². The summed E-state index contributed by atoms with van der Waals surface area (Å²) in [5, 5.41) is 9.61. The average Bonchev–Trinajstić information content (AvgIpc) is 3.02. The molecule has 4 nitrogen and oxygen atoms in total. The number of allylic oxidation sites excluding steroid dienone is 1. The van der Waals surface area contributed by atoms with E-state index in [9.17, 15) is 5.26 Å². The largest absolute Gasteiger partial charge is 0.488 e. The van der Waals surface area contributed by atoms with E-state index in [0.717, 1.165) is 25.5 Å². The maximum absolute atomic E-state index is 9.61. The smallest absolute Gasteiger partial charge is 0.149 e. The Hall–Kier alpha value is -2.36. The zero-order valence-corrected chi connectivity index (χ0v) is 16.3. The highest BCUT2D eigenvalue weighted by molar-refractivity contribution is 9.11. The predicted molar refractivity (Wildman–Crippen MR) is 107 cm³/mol. The van der Waals surface area contributed by atoms with Crippen LogP contribution in [0.4, 0.5) is 0 Å². The van der Waals surface area contributed by atoms with Crippen molar-refractivity contribution >= 4 is 54.5 Å². The number of halogens is 2. The van der Waals surface area contributed by atoms with Gasteiger partial charge in [0.2, 0.25) is 0 Å². The van der Waals surface area contributed by atoms with E-state index in [1.165, 1.54) is 0 Å². The summed E-state index contributed by atoms with van der Waals surface area (Å²) in [6, 6.07) is 13.7. The number of H-pyrrole nitrogens is 1. The van der Waals surface area contributed by atoms with Crippen molar-refractivity contribution in [2.45, 2.75) is 0 Å². The number of para-hydroxylation sites is 2. The van der Waals surface area contributed by atoms with E-state index in [0.29, 0.717) is 23.8 Å². The summed E-state index contributed by atoms with van der Waals surface area (Å²) < 4.78 is 7.40. The molecule has 6 heteroatoms. The molecule has 2 aromatic carbocycles. The van der Waals surface area contributed by atoms with E-state index in [-0.39, 0.29) is 0 Å². The summed E-state index contributed by atoms with van der Waals surface area (Å²) >= 11 is 6.97. The summed E-state index contributed by atoms with van der Waals surface area (Å²) in [4.78, 5) is 7.67. The van der Waals surface area contributed by atoms with Crippen LogP contribution < -0.4 is 4.74 Å². The number of nitrogens with zero attached hydrogens (tertiary/aromatic N) is 2. The van der Waals surface area contributed by atoms with Gasteiger partial charge in [0.1, 0.15) is 24.3 Å². The lowest BCUT2D eigenvalue weighted by molar-refractivity contribution is 0.360. The van der Waals surface area contributed by atoms with Gasteiger partial charge in [-0.25, -0.2) is 4.98 Å². The Bertz CT molecular complexity index is 982. The van der Waals surface area contributed by atoms with E-state index >= 15 is 0 Å². The monoisotopic (exact) mass is 457 g/mol. The average molecular weight is 459 g/mol. The van der Waals surface area contributed by atoms with Crippen LogP contribution in [0.5, 0.6) is 5.75 Å². The molecule has 1 heterocycles. The molecule has 0 bridgehead atoms. The van der Waals surface area contributed by atoms with Gasteiger partial charge in [0.05, 0.1) is 21.1 Å². The first-order valence-corrected chi connectivity index (χ1v) is 9.00. The van der Waals surface area contributed by atoms with Crippen LogP contribution in [0.3, 0.4) is 0 Å². The molecule has 3 rings (SSSR count). The minimum Gasteiger partial charge on any atom is -0.488 e. The number of nitriles is 1. The normalized spacial score (nSPS) is 11.3. The zero-order valence-electron chi connectivity index (χ0n) is 13.1. The van der Waals surface area contributed by atoms with E-state index in [1.54, 1.807) is 12.2 Å². The van der Waals surface area contributed by atoms with Crippen LogP contribution in [0.25, 0.3) is 22.7 Å². The fourth-order valence-corrected chi connectivity index (χ4v) is 3.74. The van der Waals surface area contributed by atoms with Gasteiger partial charge in [-0.3, -0.25) is 0 Å². The molecule has 0 aliphatic heterocycles. The molecule has 0 radical (unpaired) electrons. The standard InChI is InChI=1S/C19H13Br2N3O/c1-2-7-25-18-12(9-14(20)10-15(18)21)8-13(11-22)19-23-16-5-3-4-6-17(16)24-19/h2-6,8-10H,1,7H2,(H,23,24).